The van der Waals surface area contributed by atoms with Crippen molar-refractivity contribution in [3.63, 3.8) is 0 Å². The van der Waals surface area contributed by atoms with Gasteiger partial charge >= 0.3 is 5.97 Å². The molecule has 126 valence electrons. The first kappa shape index (κ1) is 17.3. The molecule has 1 amide bonds. The number of carbonyl (C=O) groups is 2. The van der Waals surface area contributed by atoms with Crippen LogP contribution in [0.3, 0.4) is 0 Å². The van der Waals surface area contributed by atoms with Crippen LogP contribution in [-0.2, 0) is 9.53 Å². The van der Waals surface area contributed by atoms with Crippen LogP contribution < -0.4 is 14.8 Å². The van der Waals surface area contributed by atoms with Crippen molar-refractivity contribution in [2.75, 3.05) is 26.1 Å². The average Bonchev–Trinajstić information content (AvgIpc) is 2.60. The number of anilines is 1. The van der Waals surface area contributed by atoms with Crippen molar-refractivity contribution in [1.29, 1.82) is 0 Å². The Bertz CT molecular complexity index is 742. The van der Waals surface area contributed by atoms with E-state index in [9.17, 15) is 9.59 Å². The number of hydrogen-bond donors (Lipinski definition) is 1. The van der Waals surface area contributed by atoms with Gasteiger partial charge in [0.05, 0.1) is 19.8 Å². The molecule has 0 saturated heterocycles. The minimum Gasteiger partial charge on any atom is -0.497 e. The molecule has 0 saturated carbocycles. The maximum absolute atomic E-state index is 12.0. The van der Waals surface area contributed by atoms with Crippen LogP contribution in [-0.4, -0.2) is 32.7 Å². The van der Waals surface area contributed by atoms with E-state index in [-0.39, 0.29) is 12.5 Å². The lowest BCUT2D eigenvalue weighted by atomic mass is 10.1. The Kier molecular flexibility index (Phi) is 5.78. The van der Waals surface area contributed by atoms with Crippen molar-refractivity contribution in [2.45, 2.75) is 6.92 Å². The molecule has 2 rings (SSSR count). The van der Waals surface area contributed by atoms with Gasteiger partial charge in [-0.25, -0.2) is 4.79 Å². The van der Waals surface area contributed by atoms with Crippen LogP contribution in [0.2, 0.25) is 0 Å². The van der Waals surface area contributed by atoms with Crippen LogP contribution in [0.25, 0.3) is 0 Å². The fourth-order valence-corrected chi connectivity index (χ4v) is 2.04. The fourth-order valence-electron chi connectivity index (χ4n) is 2.04. The molecule has 6 nitrogen and oxygen atoms in total. The van der Waals surface area contributed by atoms with E-state index in [0.717, 1.165) is 5.56 Å². The Morgan fingerprint density at radius 1 is 1.08 bits per heavy atom. The molecular formula is C18H19NO5. The highest BCUT2D eigenvalue weighted by molar-refractivity contribution is 5.92. The second-order valence-electron chi connectivity index (χ2n) is 5.04. The minimum absolute atomic E-state index is 0.178. The van der Waals surface area contributed by atoms with E-state index in [1.807, 2.05) is 6.92 Å². The van der Waals surface area contributed by atoms with E-state index >= 15 is 0 Å². The average molecular weight is 329 g/mol. The molecule has 1 N–H and O–H groups in total. The molecule has 0 aliphatic heterocycles. The van der Waals surface area contributed by atoms with Gasteiger partial charge in [0, 0.05) is 11.8 Å². The minimum atomic E-state index is -0.458. The summed E-state index contributed by atoms with van der Waals surface area (Å²) in [4.78, 5) is 23.6. The molecule has 2 aromatic rings. The van der Waals surface area contributed by atoms with Gasteiger partial charge in [-0.15, -0.1) is 0 Å². The van der Waals surface area contributed by atoms with Crippen molar-refractivity contribution in [3.8, 4) is 11.5 Å². The molecule has 0 aliphatic carbocycles. The van der Waals surface area contributed by atoms with Crippen molar-refractivity contribution in [2.24, 2.45) is 0 Å². The summed E-state index contributed by atoms with van der Waals surface area (Å²) in [7, 11) is 2.87. The molecule has 0 bridgehead atoms. The number of nitrogens with one attached hydrogen (secondary N) is 1. The Hall–Kier alpha value is -3.02. The highest BCUT2D eigenvalue weighted by Gasteiger charge is 2.11. The number of rotatable bonds is 6. The predicted molar refractivity (Wildman–Crippen MR) is 89.6 cm³/mol. The zero-order valence-electron chi connectivity index (χ0n) is 13.8. The van der Waals surface area contributed by atoms with Gasteiger partial charge in [-0.1, -0.05) is 12.1 Å². The van der Waals surface area contributed by atoms with Gasteiger partial charge in [-0.2, -0.15) is 0 Å². The van der Waals surface area contributed by atoms with Crippen LogP contribution in [0, 0.1) is 6.92 Å². The molecule has 0 unspecified atom stereocenters. The van der Waals surface area contributed by atoms with Gasteiger partial charge in [0.15, 0.2) is 6.61 Å². The summed E-state index contributed by atoms with van der Waals surface area (Å²) in [6.07, 6.45) is 0. The zero-order valence-corrected chi connectivity index (χ0v) is 13.8. The Morgan fingerprint density at radius 3 is 2.58 bits per heavy atom. The molecule has 0 spiro atoms. The van der Waals surface area contributed by atoms with E-state index < -0.39 is 5.97 Å². The highest BCUT2D eigenvalue weighted by Crippen LogP contribution is 2.20. The summed E-state index contributed by atoms with van der Waals surface area (Å²) in [5, 5.41) is 2.72. The quantitative estimate of drug-likeness (QED) is 0.825. The van der Waals surface area contributed by atoms with Crippen molar-refractivity contribution < 1.29 is 23.8 Å². The number of methoxy groups -OCH3 is 2. The Balaban J connectivity index is 1.99. The molecule has 0 heterocycles. The van der Waals surface area contributed by atoms with Gasteiger partial charge in [-0.05, 0) is 36.8 Å². The summed E-state index contributed by atoms with van der Waals surface area (Å²) >= 11 is 0. The van der Waals surface area contributed by atoms with Crippen LogP contribution >= 0.6 is 0 Å². The summed E-state index contributed by atoms with van der Waals surface area (Å²) in [5.41, 5.74) is 1.80. The van der Waals surface area contributed by atoms with Gasteiger partial charge in [0.25, 0.3) is 5.91 Å². The number of hydrogen-bond acceptors (Lipinski definition) is 5. The van der Waals surface area contributed by atoms with Gasteiger partial charge in [0.2, 0.25) is 0 Å². The van der Waals surface area contributed by atoms with E-state index in [0.29, 0.717) is 22.7 Å². The molecular weight excluding hydrogens is 310 g/mol. The maximum Gasteiger partial charge on any atom is 0.337 e. The third-order valence-corrected chi connectivity index (χ3v) is 3.32. The highest BCUT2D eigenvalue weighted by atomic mass is 16.5. The zero-order chi connectivity index (χ0) is 17.5. The number of aryl methyl sites for hydroxylation is 1. The first-order chi connectivity index (χ1) is 11.5. The summed E-state index contributed by atoms with van der Waals surface area (Å²) in [5.74, 6) is 0.334. The Labute approximate surface area is 140 Å². The molecule has 0 fully saturated rings. The van der Waals surface area contributed by atoms with Crippen LogP contribution in [0.15, 0.2) is 42.5 Å². The van der Waals surface area contributed by atoms with Gasteiger partial charge < -0.3 is 19.5 Å². The molecule has 0 aromatic heterocycles. The number of amides is 1. The molecule has 0 radical (unpaired) electrons. The summed E-state index contributed by atoms with van der Waals surface area (Å²) in [6.45, 7) is 1.65. The van der Waals surface area contributed by atoms with Gasteiger partial charge in [0.1, 0.15) is 11.5 Å². The Morgan fingerprint density at radius 2 is 1.88 bits per heavy atom. The standard InChI is InChI=1S/C18H19NO5/c1-12-7-8-13(18(21)23-3)9-16(12)24-11-17(20)19-14-5-4-6-15(10-14)22-2/h4-10H,11H2,1-3H3,(H,19,20). The smallest absolute Gasteiger partial charge is 0.337 e. The van der Waals surface area contributed by atoms with Crippen molar-refractivity contribution in [1.82, 2.24) is 0 Å². The second-order valence-corrected chi connectivity index (χ2v) is 5.04. The topological polar surface area (TPSA) is 73.9 Å². The largest absolute Gasteiger partial charge is 0.497 e. The van der Waals surface area contributed by atoms with Gasteiger partial charge in [-0.3, -0.25) is 4.79 Å². The van der Waals surface area contributed by atoms with Crippen molar-refractivity contribution >= 4 is 17.6 Å². The number of ether oxygens (including phenoxy) is 3. The second kappa shape index (κ2) is 8.01. The van der Waals surface area contributed by atoms with Crippen LogP contribution in [0.5, 0.6) is 11.5 Å². The number of esters is 1. The SMILES string of the molecule is COC(=O)c1ccc(C)c(OCC(=O)Nc2cccc(OC)c2)c1. The first-order valence-electron chi connectivity index (χ1n) is 7.29. The molecule has 6 heteroatoms. The van der Waals surface area contributed by atoms with Crippen LogP contribution in [0.1, 0.15) is 15.9 Å². The molecule has 24 heavy (non-hydrogen) atoms. The maximum atomic E-state index is 12.0. The lowest BCUT2D eigenvalue weighted by Gasteiger charge is -2.11. The normalized spacial score (nSPS) is 9.96. The fraction of sp³-hybridized carbons (Fsp3) is 0.222. The van der Waals surface area contributed by atoms with E-state index in [4.69, 9.17) is 9.47 Å². The molecule has 0 aliphatic rings. The third-order valence-electron chi connectivity index (χ3n) is 3.32. The van der Waals surface area contributed by atoms with E-state index in [1.54, 1.807) is 49.6 Å². The predicted octanol–water partition coefficient (Wildman–Crippen LogP) is 2.81. The molecule has 2 aromatic carbocycles. The number of benzene rings is 2. The summed E-state index contributed by atoms with van der Waals surface area (Å²) in [6, 6.07) is 12.0. The van der Waals surface area contributed by atoms with E-state index in [1.165, 1.54) is 7.11 Å². The lowest BCUT2D eigenvalue weighted by molar-refractivity contribution is -0.118. The first-order valence-corrected chi connectivity index (χ1v) is 7.29. The van der Waals surface area contributed by atoms with Crippen molar-refractivity contribution in [3.05, 3.63) is 53.6 Å². The summed E-state index contributed by atoms with van der Waals surface area (Å²) < 4.78 is 15.3. The molecule has 0 atom stereocenters. The third kappa shape index (κ3) is 4.49. The monoisotopic (exact) mass is 329 g/mol. The van der Waals surface area contributed by atoms with Crippen LogP contribution in [0.4, 0.5) is 5.69 Å². The number of carbonyl (C=O) groups excluding carboxylic acids is 2. The lowest BCUT2D eigenvalue weighted by Crippen LogP contribution is -2.20. The van der Waals surface area contributed by atoms with E-state index in [2.05, 4.69) is 10.1 Å².